The molecule has 13 heavy (non-hydrogen) atoms. The number of nitrogens with two attached hydrogens (primary N) is 1. The smallest absolute Gasteiger partial charge is 0.132 e. The fourth-order valence-corrected chi connectivity index (χ4v) is 1.17. The van der Waals surface area contributed by atoms with Gasteiger partial charge in [0.15, 0.2) is 0 Å². The van der Waals surface area contributed by atoms with Crippen LogP contribution in [0.3, 0.4) is 0 Å². The zero-order chi connectivity index (χ0) is 9.84. The molecule has 0 fully saturated rings. The summed E-state index contributed by atoms with van der Waals surface area (Å²) < 4.78 is 0. The van der Waals surface area contributed by atoms with Crippen molar-refractivity contribution in [2.75, 3.05) is 25.6 Å². The van der Waals surface area contributed by atoms with E-state index in [4.69, 9.17) is 10.8 Å². The number of aliphatic hydroxyl groups excluding tert-OH is 1. The first-order valence-electron chi connectivity index (χ1n) is 4.15. The van der Waals surface area contributed by atoms with Gasteiger partial charge in [0.05, 0.1) is 12.6 Å². The Morgan fingerprint density at radius 2 is 2.31 bits per heavy atom. The highest BCUT2D eigenvalue weighted by atomic mass is 16.3. The standard InChI is InChI=1S/C9H15N3O/c1-12(2)9-7(8(10)6-13)4-3-5-11-9/h3-5,8,13H,6,10H2,1-2H3/t8-/m0/s1. The number of anilines is 1. The number of hydrogen-bond donors (Lipinski definition) is 2. The van der Waals surface area contributed by atoms with Gasteiger partial charge in [0.1, 0.15) is 5.82 Å². The normalized spacial score (nSPS) is 12.6. The Morgan fingerprint density at radius 1 is 1.62 bits per heavy atom. The van der Waals surface area contributed by atoms with Crippen molar-refractivity contribution in [2.45, 2.75) is 6.04 Å². The number of aliphatic hydroxyl groups is 1. The molecule has 0 aliphatic heterocycles. The van der Waals surface area contributed by atoms with Crippen LogP contribution in [0.2, 0.25) is 0 Å². The summed E-state index contributed by atoms with van der Waals surface area (Å²) in [6.45, 7) is -0.0630. The molecule has 0 aliphatic rings. The van der Waals surface area contributed by atoms with Crippen LogP contribution in [0.25, 0.3) is 0 Å². The van der Waals surface area contributed by atoms with E-state index in [0.717, 1.165) is 11.4 Å². The molecule has 1 aromatic heterocycles. The predicted octanol–water partition coefficient (Wildman–Crippen LogP) is 0.140. The SMILES string of the molecule is CN(C)c1ncccc1[C@@H](N)CO. The average molecular weight is 181 g/mol. The summed E-state index contributed by atoms with van der Waals surface area (Å²) in [5.74, 6) is 0.809. The maximum atomic E-state index is 8.92. The van der Waals surface area contributed by atoms with E-state index in [1.807, 2.05) is 31.1 Å². The van der Waals surface area contributed by atoms with Crippen LogP contribution in [0.15, 0.2) is 18.3 Å². The molecule has 0 unspecified atom stereocenters. The van der Waals surface area contributed by atoms with E-state index in [1.54, 1.807) is 6.20 Å². The van der Waals surface area contributed by atoms with Crippen molar-refractivity contribution >= 4 is 5.82 Å². The van der Waals surface area contributed by atoms with Crippen LogP contribution in [-0.2, 0) is 0 Å². The summed E-state index contributed by atoms with van der Waals surface area (Å²) in [4.78, 5) is 6.06. The van der Waals surface area contributed by atoms with Gasteiger partial charge in [0.2, 0.25) is 0 Å². The molecule has 3 N–H and O–H groups in total. The summed E-state index contributed by atoms with van der Waals surface area (Å²) in [6, 6.07) is 3.34. The molecule has 4 nitrogen and oxygen atoms in total. The van der Waals surface area contributed by atoms with Gasteiger partial charge in [-0.3, -0.25) is 0 Å². The fourth-order valence-electron chi connectivity index (χ4n) is 1.17. The van der Waals surface area contributed by atoms with Gasteiger partial charge < -0.3 is 15.7 Å². The van der Waals surface area contributed by atoms with Crippen LogP contribution in [0.5, 0.6) is 0 Å². The van der Waals surface area contributed by atoms with E-state index in [0.29, 0.717) is 0 Å². The van der Waals surface area contributed by atoms with Crippen LogP contribution in [-0.4, -0.2) is 30.8 Å². The molecule has 1 aromatic rings. The Labute approximate surface area is 78.0 Å². The summed E-state index contributed by atoms with van der Waals surface area (Å²) in [7, 11) is 3.80. The van der Waals surface area contributed by atoms with Gasteiger partial charge in [-0.2, -0.15) is 0 Å². The van der Waals surface area contributed by atoms with Crippen molar-refractivity contribution in [2.24, 2.45) is 5.73 Å². The summed E-state index contributed by atoms with van der Waals surface area (Å²) in [5.41, 5.74) is 6.59. The molecule has 0 saturated carbocycles. The molecule has 0 saturated heterocycles. The van der Waals surface area contributed by atoms with E-state index < -0.39 is 0 Å². The zero-order valence-corrected chi connectivity index (χ0v) is 7.94. The lowest BCUT2D eigenvalue weighted by molar-refractivity contribution is 0.268. The summed E-state index contributed by atoms with van der Waals surface area (Å²) in [5, 5.41) is 8.92. The van der Waals surface area contributed by atoms with Crippen molar-refractivity contribution in [3.05, 3.63) is 23.9 Å². The van der Waals surface area contributed by atoms with Gasteiger partial charge in [0.25, 0.3) is 0 Å². The van der Waals surface area contributed by atoms with Gasteiger partial charge in [0, 0.05) is 25.9 Å². The monoisotopic (exact) mass is 181 g/mol. The van der Waals surface area contributed by atoms with Crippen molar-refractivity contribution in [3.63, 3.8) is 0 Å². The molecule has 0 spiro atoms. The highest BCUT2D eigenvalue weighted by Gasteiger charge is 2.11. The van der Waals surface area contributed by atoms with Crippen LogP contribution >= 0.6 is 0 Å². The van der Waals surface area contributed by atoms with Crippen molar-refractivity contribution in [1.29, 1.82) is 0 Å². The predicted molar refractivity (Wildman–Crippen MR) is 52.6 cm³/mol. The van der Waals surface area contributed by atoms with Crippen LogP contribution in [0, 0.1) is 0 Å². The first-order chi connectivity index (χ1) is 6.16. The Bertz CT molecular complexity index is 275. The molecule has 1 rings (SSSR count). The molecule has 0 radical (unpaired) electrons. The average Bonchev–Trinajstić information content (AvgIpc) is 2.16. The lowest BCUT2D eigenvalue weighted by atomic mass is 10.1. The van der Waals surface area contributed by atoms with Gasteiger partial charge in [-0.15, -0.1) is 0 Å². The van der Waals surface area contributed by atoms with Crippen molar-refractivity contribution in [3.8, 4) is 0 Å². The quantitative estimate of drug-likeness (QED) is 0.696. The highest BCUT2D eigenvalue weighted by molar-refractivity contribution is 5.46. The van der Waals surface area contributed by atoms with Crippen molar-refractivity contribution < 1.29 is 5.11 Å². The lowest BCUT2D eigenvalue weighted by Crippen LogP contribution is -2.20. The first-order valence-corrected chi connectivity index (χ1v) is 4.15. The van der Waals surface area contributed by atoms with E-state index in [2.05, 4.69) is 4.98 Å². The minimum atomic E-state index is -0.355. The molecular weight excluding hydrogens is 166 g/mol. The number of nitrogens with zero attached hydrogens (tertiary/aromatic N) is 2. The van der Waals surface area contributed by atoms with Gasteiger partial charge in [-0.05, 0) is 6.07 Å². The second-order valence-electron chi connectivity index (χ2n) is 3.10. The Kier molecular flexibility index (Phi) is 3.22. The number of hydrogen-bond acceptors (Lipinski definition) is 4. The first kappa shape index (κ1) is 9.95. The Morgan fingerprint density at radius 3 is 2.85 bits per heavy atom. The van der Waals surface area contributed by atoms with Gasteiger partial charge in [-0.1, -0.05) is 6.07 Å². The number of pyridine rings is 1. The van der Waals surface area contributed by atoms with Crippen LogP contribution in [0.1, 0.15) is 11.6 Å². The molecule has 1 heterocycles. The van der Waals surface area contributed by atoms with E-state index in [-0.39, 0.29) is 12.6 Å². The third-order valence-electron chi connectivity index (χ3n) is 1.84. The largest absolute Gasteiger partial charge is 0.394 e. The van der Waals surface area contributed by atoms with Crippen LogP contribution < -0.4 is 10.6 Å². The minimum absolute atomic E-state index is 0.0630. The highest BCUT2D eigenvalue weighted by Crippen LogP contribution is 2.19. The summed E-state index contributed by atoms with van der Waals surface area (Å²) in [6.07, 6.45) is 1.71. The Balaban J connectivity index is 3.04. The lowest BCUT2D eigenvalue weighted by Gasteiger charge is -2.18. The molecule has 1 atom stereocenters. The van der Waals surface area contributed by atoms with Gasteiger partial charge in [-0.25, -0.2) is 4.98 Å². The molecule has 4 heteroatoms. The van der Waals surface area contributed by atoms with Gasteiger partial charge >= 0.3 is 0 Å². The number of rotatable bonds is 3. The molecular formula is C9H15N3O. The topological polar surface area (TPSA) is 62.4 Å². The molecule has 0 bridgehead atoms. The maximum Gasteiger partial charge on any atom is 0.132 e. The van der Waals surface area contributed by atoms with E-state index in [1.165, 1.54) is 0 Å². The third kappa shape index (κ3) is 2.17. The fraction of sp³-hybridized carbons (Fsp3) is 0.444. The Hall–Kier alpha value is -1.13. The van der Waals surface area contributed by atoms with Crippen molar-refractivity contribution in [1.82, 2.24) is 4.98 Å². The number of aromatic nitrogens is 1. The molecule has 0 aliphatic carbocycles. The summed E-state index contributed by atoms with van der Waals surface area (Å²) >= 11 is 0. The second-order valence-corrected chi connectivity index (χ2v) is 3.10. The minimum Gasteiger partial charge on any atom is -0.394 e. The second kappa shape index (κ2) is 4.20. The maximum absolute atomic E-state index is 8.92. The van der Waals surface area contributed by atoms with E-state index in [9.17, 15) is 0 Å². The van der Waals surface area contributed by atoms with Crippen LogP contribution in [0.4, 0.5) is 5.82 Å². The third-order valence-corrected chi connectivity index (χ3v) is 1.84. The molecule has 0 amide bonds. The molecule has 0 aromatic carbocycles. The van der Waals surface area contributed by atoms with E-state index >= 15 is 0 Å². The zero-order valence-electron chi connectivity index (χ0n) is 7.94. The molecule has 72 valence electrons.